The van der Waals surface area contributed by atoms with Crippen LogP contribution in [-0.4, -0.2) is 53.9 Å². The van der Waals surface area contributed by atoms with Crippen molar-refractivity contribution in [1.82, 2.24) is 9.80 Å². The number of likely N-dealkylation sites (tertiary alicyclic amines) is 1. The largest absolute Gasteiger partial charge is 0.389 e. The van der Waals surface area contributed by atoms with Crippen molar-refractivity contribution in [1.29, 1.82) is 0 Å². The van der Waals surface area contributed by atoms with Crippen LogP contribution in [0.15, 0.2) is 24.3 Å². The van der Waals surface area contributed by atoms with Gasteiger partial charge in [0.2, 0.25) is 0 Å². The summed E-state index contributed by atoms with van der Waals surface area (Å²) in [6.45, 7) is 2.03. The van der Waals surface area contributed by atoms with E-state index in [0.717, 1.165) is 31.5 Å². The summed E-state index contributed by atoms with van der Waals surface area (Å²) in [5.41, 5.74) is 7.00. The normalized spacial score (nSPS) is 19.6. The van der Waals surface area contributed by atoms with Gasteiger partial charge < -0.3 is 15.5 Å². The van der Waals surface area contributed by atoms with Gasteiger partial charge in [0.15, 0.2) is 0 Å². The number of hydrogen-bond acceptors (Lipinski definition) is 3. The summed E-state index contributed by atoms with van der Waals surface area (Å²) < 4.78 is 0. The zero-order valence-electron chi connectivity index (χ0n) is 12.0. The third-order valence-electron chi connectivity index (χ3n) is 3.86. The zero-order chi connectivity index (χ0) is 14.7. The third-order valence-corrected chi connectivity index (χ3v) is 4.10. The summed E-state index contributed by atoms with van der Waals surface area (Å²) in [5.74, 6) is 0.0309. The van der Waals surface area contributed by atoms with Crippen LogP contribution in [0.2, 0.25) is 0 Å². The number of piperidine rings is 1. The first kappa shape index (κ1) is 14.9. The number of carbonyl (C=O) groups is 1. The molecule has 0 aromatic heterocycles. The molecule has 108 valence electrons. The number of thiocarbonyl (C=S) groups is 1. The standard InChI is InChI=1S/C15H21N3OS/c1-17-8-4-7-13(10-17)18(2)15(19)12-6-3-5-11(9-12)14(16)20/h3,5-6,9,13H,4,7-8,10H2,1-2H3,(H2,16,20). The molecule has 0 aliphatic carbocycles. The topological polar surface area (TPSA) is 49.6 Å². The molecule has 1 amide bonds. The van der Waals surface area contributed by atoms with E-state index in [-0.39, 0.29) is 11.9 Å². The highest BCUT2D eigenvalue weighted by Gasteiger charge is 2.25. The SMILES string of the molecule is CN1CCCC(N(C)C(=O)c2cccc(C(N)=S)c2)C1. The molecule has 2 rings (SSSR count). The average molecular weight is 291 g/mol. The van der Waals surface area contributed by atoms with Crippen LogP contribution < -0.4 is 5.73 Å². The lowest BCUT2D eigenvalue weighted by molar-refractivity contribution is 0.0644. The van der Waals surface area contributed by atoms with Crippen molar-refractivity contribution in [2.45, 2.75) is 18.9 Å². The summed E-state index contributed by atoms with van der Waals surface area (Å²) in [5, 5.41) is 0. The molecule has 1 aromatic carbocycles. The van der Waals surface area contributed by atoms with Crippen LogP contribution in [0, 0.1) is 0 Å². The van der Waals surface area contributed by atoms with Gasteiger partial charge >= 0.3 is 0 Å². The smallest absolute Gasteiger partial charge is 0.253 e. The van der Waals surface area contributed by atoms with Crippen LogP contribution in [0.4, 0.5) is 0 Å². The number of nitrogens with two attached hydrogens (primary N) is 1. The number of rotatable bonds is 3. The fourth-order valence-electron chi connectivity index (χ4n) is 2.63. The van der Waals surface area contributed by atoms with Gasteiger partial charge in [-0.1, -0.05) is 24.4 Å². The molecule has 5 heteroatoms. The number of hydrogen-bond donors (Lipinski definition) is 1. The van der Waals surface area contributed by atoms with E-state index in [2.05, 4.69) is 11.9 Å². The van der Waals surface area contributed by atoms with Gasteiger partial charge in [0.05, 0.1) is 0 Å². The minimum Gasteiger partial charge on any atom is -0.389 e. The van der Waals surface area contributed by atoms with Crippen molar-refractivity contribution in [3.63, 3.8) is 0 Å². The van der Waals surface area contributed by atoms with Gasteiger partial charge in [-0.25, -0.2) is 0 Å². The quantitative estimate of drug-likeness (QED) is 0.857. The average Bonchev–Trinajstić information content (AvgIpc) is 2.45. The van der Waals surface area contributed by atoms with Gasteiger partial charge in [0.1, 0.15) is 4.99 Å². The van der Waals surface area contributed by atoms with Crippen LogP contribution in [-0.2, 0) is 0 Å². The van der Waals surface area contributed by atoms with Crippen molar-refractivity contribution in [2.75, 3.05) is 27.2 Å². The molecule has 0 spiro atoms. The van der Waals surface area contributed by atoms with Crippen molar-refractivity contribution in [3.8, 4) is 0 Å². The van der Waals surface area contributed by atoms with E-state index in [1.165, 1.54) is 0 Å². The molecule has 1 atom stereocenters. The van der Waals surface area contributed by atoms with Gasteiger partial charge in [-0.05, 0) is 38.6 Å². The molecule has 1 saturated heterocycles. The molecule has 1 heterocycles. The van der Waals surface area contributed by atoms with Gasteiger partial charge in [-0.2, -0.15) is 0 Å². The summed E-state index contributed by atoms with van der Waals surface area (Å²) >= 11 is 4.96. The lowest BCUT2D eigenvalue weighted by atomic mass is 10.0. The zero-order valence-corrected chi connectivity index (χ0v) is 12.8. The van der Waals surface area contributed by atoms with Crippen LogP contribution in [0.1, 0.15) is 28.8 Å². The molecule has 1 aliphatic rings. The molecule has 1 unspecified atom stereocenters. The van der Waals surface area contributed by atoms with Crippen molar-refractivity contribution in [3.05, 3.63) is 35.4 Å². The first-order chi connectivity index (χ1) is 9.49. The van der Waals surface area contributed by atoms with Crippen molar-refractivity contribution < 1.29 is 4.79 Å². The Morgan fingerprint density at radius 2 is 2.15 bits per heavy atom. The lowest BCUT2D eigenvalue weighted by Crippen LogP contribution is -2.47. The molecule has 1 fully saturated rings. The number of nitrogens with zero attached hydrogens (tertiary/aromatic N) is 2. The Morgan fingerprint density at radius 1 is 1.45 bits per heavy atom. The van der Waals surface area contributed by atoms with E-state index < -0.39 is 0 Å². The van der Waals surface area contributed by atoms with E-state index in [4.69, 9.17) is 18.0 Å². The highest BCUT2D eigenvalue weighted by molar-refractivity contribution is 7.80. The van der Waals surface area contributed by atoms with Crippen LogP contribution in [0.3, 0.4) is 0 Å². The molecule has 1 aromatic rings. The van der Waals surface area contributed by atoms with E-state index >= 15 is 0 Å². The van der Waals surface area contributed by atoms with Crippen molar-refractivity contribution >= 4 is 23.1 Å². The van der Waals surface area contributed by atoms with Gasteiger partial charge in [0.25, 0.3) is 5.91 Å². The first-order valence-corrected chi connectivity index (χ1v) is 7.25. The Hall–Kier alpha value is -1.46. The predicted molar refractivity (Wildman–Crippen MR) is 84.9 cm³/mol. The highest BCUT2D eigenvalue weighted by Crippen LogP contribution is 2.16. The maximum atomic E-state index is 12.5. The fraction of sp³-hybridized carbons (Fsp3) is 0.467. The molecule has 0 saturated carbocycles. The molecule has 4 nitrogen and oxygen atoms in total. The van der Waals surface area contributed by atoms with Gasteiger partial charge in [0, 0.05) is 30.8 Å². The van der Waals surface area contributed by atoms with Gasteiger partial charge in [-0.3, -0.25) is 4.79 Å². The molecule has 1 aliphatic heterocycles. The Bertz CT molecular complexity index is 518. The van der Waals surface area contributed by atoms with Crippen LogP contribution in [0.5, 0.6) is 0 Å². The number of carbonyl (C=O) groups excluding carboxylic acids is 1. The summed E-state index contributed by atoms with van der Waals surface area (Å²) in [6, 6.07) is 7.51. The van der Waals surface area contributed by atoms with E-state index in [1.807, 2.05) is 30.1 Å². The summed E-state index contributed by atoms with van der Waals surface area (Å²) in [7, 11) is 3.97. The maximum absolute atomic E-state index is 12.5. The van der Waals surface area contributed by atoms with Crippen molar-refractivity contribution in [2.24, 2.45) is 5.73 Å². The van der Waals surface area contributed by atoms with Crippen LogP contribution >= 0.6 is 12.2 Å². The second-order valence-electron chi connectivity index (χ2n) is 5.42. The number of amides is 1. The highest BCUT2D eigenvalue weighted by atomic mass is 32.1. The Kier molecular flexibility index (Phi) is 4.73. The van der Waals surface area contributed by atoms with E-state index in [0.29, 0.717) is 10.6 Å². The second kappa shape index (κ2) is 6.33. The van der Waals surface area contributed by atoms with E-state index in [9.17, 15) is 4.79 Å². The lowest BCUT2D eigenvalue weighted by Gasteiger charge is -2.35. The second-order valence-corrected chi connectivity index (χ2v) is 5.86. The molecular formula is C15H21N3OS. The monoisotopic (exact) mass is 291 g/mol. The van der Waals surface area contributed by atoms with Gasteiger partial charge in [-0.15, -0.1) is 0 Å². The van der Waals surface area contributed by atoms with Crippen LogP contribution in [0.25, 0.3) is 0 Å². The minimum absolute atomic E-state index is 0.0309. The first-order valence-electron chi connectivity index (χ1n) is 6.84. The Labute approximate surface area is 125 Å². The maximum Gasteiger partial charge on any atom is 0.253 e. The fourth-order valence-corrected chi connectivity index (χ4v) is 2.76. The summed E-state index contributed by atoms with van der Waals surface area (Å²) in [6.07, 6.45) is 2.19. The summed E-state index contributed by atoms with van der Waals surface area (Å²) in [4.78, 5) is 17.0. The molecule has 0 bridgehead atoms. The molecular weight excluding hydrogens is 270 g/mol. The molecule has 2 N–H and O–H groups in total. The third kappa shape index (κ3) is 3.35. The molecule has 0 radical (unpaired) electrons. The van der Waals surface area contributed by atoms with E-state index in [1.54, 1.807) is 6.07 Å². The number of benzene rings is 1. The Morgan fingerprint density at radius 3 is 2.80 bits per heavy atom. The minimum atomic E-state index is 0.0309. The molecule has 20 heavy (non-hydrogen) atoms. The number of likely N-dealkylation sites (N-methyl/N-ethyl adjacent to an activating group) is 2. The Balaban J connectivity index is 2.13. The predicted octanol–water partition coefficient (Wildman–Crippen LogP) is 1.49.